The average molecular weight is 307 g/mol. The van der Waals surface area contributed by atoms with Crippen molar-refractivity contribution in [3.63, 3.8) is 0 Å². The van der Waals surface area contributed by atoms with E-state index in [2.05, 4.69) is 27.4 Å². The average Bonchev–Trinajstić information content (AvgIpc) is 2.77. The minimum Gasteiger partial charge on any atom is -0.461 e. The van der Waals surface area contributed by atoms with Crippen molar-refractivity contribution >= 4 is 23.5 Å². The van der Waals surface area contributed by atoms with E-state index in [1.165, 1.54) is 6.42 Å². The van der Waals surface area contributed by atoms with Gasteiger partial charge in [-0.05, 0) is 48.4 Å². The third kappa shape index (κ3) is 2.40. The predicted octanol–water partition coefficient (Wildman–Crippen LogP) is 3.08. The molecule has 5 heteroatoms. The molecular formula is C16H21NO3S. The van der Waals surface area contributed by atoms with Gasteiger partial charge in [-0.25, -0.2) is 0 Å². The Morgan fingerprint density at radius 3 is 2.57 bits per heavy atom. The maximum atomic E-state index is 12.3. The Morgan fingerprint density at radius 1 is 1.48 bits per heavy atom. The number of nitriles is 1. The number of nitrogens with zero attached hydrogens (tertiary/aromatic N) is 1. The second kappa shape index (κ2) is 5.49. The van der Waals surface area contributed by atoms with Crippen molar-refractivity contribution in [1.29, 1.82) is 5.26 Å². The number of hydrogen-bond donors (Lipinski definition) is 0. The number of esters is 1. The first kappa shape index (κ1) is 16.1. The molecule has 0 amide bonds. The van der Waals surface area contributed by atoms with Crippen LogP contribution in [0.1, 0.15) is 40.0 Å². The molecule has 2 bridgehead atoms. The first-order chi connectivity index (χ1) is 9.77. The lowest BCUT2D eigenvalue weighted by Gasteiger charge is -2.38. The van der Waals surface area contributed by atoms with Gasteiger partial charge in [0.15, 0.2) is 11.0 Å². The van der Waals surface area contributed by atoms with Crippen molar-refractivity contribution in [3.05, 3.63) is 12.7 Å². The van der Waals surface area contributed by atoms with E-state index in [1.54, 1.807) is 5.40 Å². The Hall–Kier alpha value is -1.28. The summed E-state index contributed by atoms with van der Waals surface area (Å²) < 4.78 is 5.64. The van der Waals surface area contributed by atoms with Gasteiger partial charge in [0, 0.05) is 5.41 Å². The molecule has 114 valence electrons. The molecule has 4 atom stereocenters. The van der Waals surface area contributed by atoms with Gasteiger partial charge in [-0.15, -0.1) is 0 Å². The molecule has 2 unspecified atom stereocenters. The minimum absolute atomic E-state index is 0.0492. The highest BCUT2D eigenvalue weighted by Gasteiger charge is 2.63. The Kier molecular flexibility index (Phi) is 4.21. The van der Waals surface area contributed by atoms with E-state index in [1.807, 2.05) is 0 Å². The molecule has 0 radical (unpaired) electrons. The number of ketones is 1. The van der Waals surface area contributed by atoms with Gasteiger partial charge in [-0.2, -0.15) is 5.26 Å². The van der Waals surface area contributed by atoms with Crippen LogP contribution in [0.5, 0.6) is 0 Å². The molecule has 0 saturated heterocycles. The maximum absolute atomic E-state index is 12.3. The van der Waals surface area contributed by atoms with Crippen LogP contribution >= 0.6 is 11.8 Å². The molecule has 0 aromatic carbocycles. The fraction of sp³-hybridized carbons (Fsp3) is 0.688. The minimum atomic E-state index is -1.11. The summed E-state index contributed by atoms with van der Waals surface area (Å²) in [4.78, 5) is 23.9. The van der Waals surface area contributed by atoms with Crippen LogP contribution in [0.25, 0.3) is 0 Å². The second-order valence-electron chi connectivity index (χ2n) is 6.73. The van der Waals surface area contributed by atoms with Crippen LogP contribution in [0.2, 0.25) is 0 Å². The Labute approximate surface area is 129 Å². The van der Waals surface area contributed by atoms with Crippen LogP contribution < -0.4 is 0 Å². The number of allylic oxidation sites excluding steroid dienone is 1. The van der Waals surface area contributed by atoms with Gasteiger partial charge in [0.1, 0.15) is 11.5 Å². The molecule has 4 nitrogen and oxygen atoms in total. The summed E-state index contributed by atoms with van der Waals surface area (Å²) in [5, 5.41) is 9.43. The molecule has 21 heavy (non-hydrogen) atoms. The van der Waals surface area contributed by atoms with Crippen LogP contribution in [0.3, 0.4) is 0 Å². The fourth-order valence-corrected chi connectivity index (χ4v) is 4.36. The van der Waals surface area contributed by atoms with Gasteiger partial charge in [-0.1, -0.05) is 27.4 Å². The number of thiocyanates is 1. The fourth-order valence-electron chi connectivity index (χ4n) is 3.89. The monoisotopic (exact) mass is 307 g/mol. The van der Waals surface area contributed by atoms with Crippen molar-refractivity contribution in [1.82, 2.24) is 0 Å². The third-order valence-electron chi connectivity index (χ3n) is 5.82. The van der Waals surface area contributed by atoms with Crippen molar-refractivity contribution in [3.8, 4) is 5.40 Å². The summed E-state index contributed by atoms with van der Waals surface area (Å²) in [7, 11) is 0. The summed E-state index contributed by atoms with van der Waals surface area (Å²) in [6.45, 7) is 10.0. The first-order valence-electron chi connectivity index (χ1n) is 7.19. The van der Waals surface area contributed by atoms with Crippen molar-refractivity contribution in [2.75, 3.05) is 0 Å². The predicted molar refractivity (Wildman–Crippen MR) is 81.3 cm³/mol. The molecule has 2 aliphatic rings. The maximum Gasteiger partial charge on any atom is 0.328 e. The molecule has 0 heterocycles. The van der Waals surface area contributed by atoms with Crippen molar-refractivity contribution in [2.45, 2.75) is 51.4 Å². The SMILES string of the molecule is C=CC(=O)C(SC#N)C(=O)OC1C[C@H]2CC[C@@]1(C)C2(C)C. The van der Waals surface area contributed by atoms with Gasteiger partial charge in [0.25, 0.3) is 0 Å². The topological polar surface area (TPSA) is 67.2 Å². The molecule has 2 saturated carbocycles. The van der Waals surface area contributed by atoms with E-state index >= 15 is 0 Å². The highest BCUT2D eigenvalue weighted by molar-refractivity contribution is 8.05. The Bertz CT molecular complexity index is 522. The van der Waals surface area contributed by atoms with Gasteiger partial charge in [0.05, 0.1) is 0 Å². The zero-order valence-corrected chi connectivity index (χ0v) is 13.5. The van der Waals surface area contributed by atoms with Crippen LogP contribution in [0, 0.1) is 27.4 Å². The number of thioether (sulfide) groups is 1. The van der Waals surface area contributed by atoms with E-state index < -0.39 is 17.0 Å². The van der Waals surface area contributed by atoms with E-state index in [9.17, 15) is 9.59 Å². The number of hydrogen-bond acceptors (Lipinski definition) is 5. The number of carbonyl (C=O) groups is 2. The van der Waals surface area contributed by atoms with Gasteiger partial charge in [0.2, 0.25) is 0 Å². The van der Waals surface area contributed by atoms with Gasteiger partial charge >= 0.3 is 5.97 Å². The highest BCUT2D eigenvalue weighted by atomic mass is 32.2. The number of ether oxygens (including phenoxy) is 1. The van der Waals surface area contributed by atoms with E-state index in [-0.39, 0.29) is 16.9 Å². The smallest absolute Gasteiger partial charge is 0.328 e. The summed E-state index contributed by atoms with van der Waals surface area (Å²) in [6, 6.07) is 0. The van der Waals surface area contributed by atoms with Gasteiger partial charge in [-0.3, -0.25) is 9.59 Å². The zero-order valence-electron chi connectivity index (χ0n) is 12.7. The molecular weight excluding hydrogens is 286 g/mol. The third-order valence-corrected chi connectivity index (χ3v) is 6.58. The molecule has 2 rings (SSSR count). The molecule has 0 aromatic rings. The second-order valence-corrected chi connectivity index (χ2v) is 7.62. The Morgan fingerprint density at radius 2 is 2.14 bits per heavy atom. The number of fused-ring (bicyclic) bond motifs is 2. The van der Waals surface area contributed by atoms with Crippen molar-refractivity contribution < 1.29 is 14.3 Å². The standard InChI is InChI=1S/C16H21NO3S/c1-5-11(18)13(21-9-17)14(19)20-12-8-10-6-7-16(12,4)15(10,2)3/h5,10,12-13H,1,6-8H2,2-4H3/t10-,12?,13?,16-/m1/s1. The normalized spacial score (nSPS) is 34.0. The summed E-state index contributed by atoms with van der Waals surface area (Å²) in [5.41, 5.74) is 0.0880. The van der Waals surface area contributed by atoms with E-state index in [0.717, 1.165) is 18.9 Å². The summed E-state index contributed by atoms with van der Waals surface area (Å²) in [5.74, 6) is -0.530. The summed E-state index contributed by atoms with van der Waals surface area (Å²) in [6.07, 6.45) is 3.95. The largest absolute Gasteiger partial charge is 0.461 e. The molecule has 0 aliphatic heterocycles. The quantitative estimate of drug-likeness (QED) is 0.338. The molecule has 2 aliphatic carbocycles. The number of rotatable bonds is 5. The Balaban J connectivity index is 2.12. The number of carbonyl (C=O) groups excluding carboxylic acids is 2. The molecule has 2 fully saturated rings. The first-order valence-corrected chi connectivity index (χ1v) is 8.07. The molecule has 0 N–H and O–H groups in total. The van der Waals surface area contributed by atoms with Crippen LogP contribution in [0.15, 0.2) is 12.7 Å². The van der Waals surface area contributed by atoms with E-state index in [0.29, 0.717) is 17.7 Å². The van der Waals surface area contributed by atoms with Crippen LogP contribution in [-0.4, -0.2) is 23.1 Å². The lowest BCUT2D eigenvalue weighted by molar-refractivity contribution is -0.156. The van der Waals surface area contributed by atoms with Crippen LogP contribution in [0.4, 0.5) is 0 Å². The van der Waals surface area contributed by atoms with Crippen molar-refractivity contribution in [2.24, 2.45) is 16.7 Å². The zero-order chi connectivity index (χ0) is 15.8. The lowest BCUT2D eigenvalue weighted by atomic mass is 9.70. The highest BCUT2D eigenvalue weighted by Crippen LogP contribution is 2.66. The van der Waals surface area contributed by atoms with E-state index in [4.69, 9.17) is 10.00 Å². The van der Waals surface area contributed by atoms with Crippen LogP contribution in [-0.2, 0) is 14.3 Å². The molecule has 0 aromatic heterocycles. The lowest BCUT2D eigenvalue weighted by Crippen LogP contribution is -2.40. The summed E-state index contributed by atoms with van der Waals surface area (Å²) >= 11 is 0.630. The molecule has 0 spiro atoms. The van der Waals surface area contributed by atoms with Gasteiger partial charge < -0.3 is 4.74 Å².